The van der Waals surface area contributed by atoms with Crippen molar-refractivity contribution in [3.05, 3.63) is 101 Å². The lowest BCUT2D eigenvalue weighted by molar-refractivity contribution is -0.129. The lowest BCUT2D eigenvalue weighted by Crippen LogP contribution is -2.09. The predicted octanol–water partition coefficient (Wildman–Crippen LogP) is 4.25. The third kappa shape index (κ3) is 4.70. The molecule has 0 radical (unpaired) electrons. The topological polar surface area (TPSA) is 82.0 Å². The normalized spacial score (nSPS) is 15.0. The molecule has 0 N–H and O–H groups in total. The molecule has 156 valence electrons. The summed E-state index contributed by atoms with van der Waals surface area (Å²) in [6, 6.07) is 17.9. The Balaban J connectivity index is 1.51. The van der Waals surface area contributed by atoms with Crippen molar-refractivity contribution in [1.82, 2.24) is 0 Å². The van der Waals surface area contributed by atoms with Gasteiger partial charge in [-0.15, -0.1) is 0 Å². The minimum atomic E-state index is -3.95. The van der Waals surface area contributed by atoms with Crippen molar-refractivity contribution in [2.24, 2.45) is 4.99 Å². The van der Waals surface area contributed by atoms with Crippen molar-refractivity contribution >= 4 is 28.1 Å². The number of halogens is 1. The highest BCUT2D eigenvalue weighted by Crippen LogP contribution is 2.23. The van der Waals surface area contributed by atoms with Crippen molar-refractivity contribution in [3.63, 3.8) is 0 Å². The van der Waals surface area contributed by atoms with Crippen LogP contribution in [0.15, 0.2) is 88.4 Å². The first-order chi connectivity index (χ1) is 14.8. The van der Waals surface area contributed by atoms with Crippen molar-refractivity contribution in [3.8, 4) is 5.75 Å². The van der Waals surface area contributed by atoms with Gasteiger partial charge in [-0.05, 0) is 67.1 Å². The van der Waals surface area contributed by atoms with Crippen LogP contribution in [0.5, 0.6) is 5.75 Å². The Bertz CT molecular complexity index is 1290. The highest BCUT2D eigenvalue weighted by atomic mass is 32.2. The molecule has 8 heteroatoms. The van der Waals surface area contributed by atoms with E-state index in [-0.39, 0.29) is 22.2 Å². The molecule has 0 amide bonds. The van der Waals surface area contributed by atoms with Gasteiger partial charge in [0, 0.05) is 5.56 Å². The highest BCUT2D eigenvalue weighted by Gasteiger charge is 2.24. The van der Waals surface area contributed by atoms with E-state index >= 15 is 0 Å². The zero-order valence-electron chi connectivity index (χ0n) is 16.3. The SMILES string of the molecule is Cc1ccc(S(=O)(=O)Oc2ccc(/C=C3/N=C(c4ccc(F)cc4)OC3=O)cc2)cc1. The average Bonchev–Trinajstić information content (AvgIpc) is 3.10. The highest BCUT2D eigenvalue weighted by molar-refractivity contribution is 7.87. The lowest BCUT2D eigenvalue weighted by atomic mass is 10.2. The molecule has 6 nitrogen and oxygen atoms in total. The van der Waals surface area contributed by atoms with E-state index in [1.165, 1.54) is 54.6 Å². The summed E-state index contributed by atoms with van der Waals surface area (Å²) in [5.74, 6) is -0.828. The second-order valence-corrected chi connectivity index (χ2v) is 8.31. The molecular weight excluding hydrogens is 421 g/mol. The fraction of sp³-hybridized carbons (Fsp3) is 0.0435. The first-order valence-corrected chi connectivity index (χ1v) is 10.6. The fourth-order valence-corrected chi connectivity index (χ4v) is 3.71. The number of aryl methyl sites for hydroxylation is 1. The van der Waals surface area contributed by atoms with Gasteiger partial charge in [0.15, 0.2) is 5.70 Å². The largest absolute Gasteiger partial charge is 0.402 e. The molecule has 0 aromatic heterocycles. The minimum Gasteiger partial charge on any atom is -0.402 e. The molecule has 1 aliphatic rings. The number of hydrogen-bond donors (Lipinski definition) is 0. The lowest BCUT2D eigenvalue weighted by Gasteiger charge is -2.07. The molecule has 0 aliphatic carbocycles. The Morgan fingerprint density at radius 2 is 1.58 bits per heavy atom. The molecular formula is C23H16FNO5S. The molecule has 4 rings (SSSR count). The summed E-state index contributed by atoms with van der Waals surface area (Å²) < 4.78 is 48.1. The molecule has 1 heterocycles. The number of cyclic esters (lactones) is 1. The Labute approximate surface area is 178 Å². The molecule has 0 fully saturated rings. The van der Waals surface area contributed by atoms with E-state index in [1.54, 1.807) is 24.3 Å². The summed E-state index contributed by atoms with van der Waals surface area (Å²) in [7, 11) is -3.95. The number of benzene rings is 3. The van der Waals surface area contributed by atoms with Crippen LogP contribution in [0.4, 0.5) is 4.39 Å². The molecule has 0 spiro atoms. The first-order valence-electron chi connectivity index (χ1n) is 9.20. The number of nitrogens with zero attached hydrogens (tertiary/aromatic N) is 1. The number of rotatable bonds is 5. The van der Waals surface area contributed by atoms with Crippen LogP contribution in [-0.2, 0) is 19.6 Å². The van der Waals surface area contributed by atoms with Crippen molar-refractivity contribution in [2.45, 2.75) is 11.8 Å². The second-order valence-electron chi connectivity index (χ2n) is 6.76. The number of hydrogen-bond acceptors (Lipinski definition) is 6. The number of carbonyl (C=O) groups excluding carboxylic acids is 1. The Hall–Kier alpha value is -3.78. The van der Waals surface area contributed by atoms with E-state index in [0.717, 1.165) is 5.56 Å². The summed E-state index contributed by atoms with van der Waals surface area (Å²) in [5.41, 5.74) is 2.08. The maximum absolute atomic E-state index is 13.1. The van der Waals surface area contributed by atoms with E-state index < -0.39 is 21.9 Å². The van der Waals surface area contributed by atoms with Gasteiger partial charge in [-0.3, -0.25) is 0 Å². The van der Waals surface area contributed by atoms with Gasteiger partial charge in [0.25, 0.3) is 0 Å². The van der Waals surface area contributed by atoms with Crippen LogP contribution < -0.4 is 4.18 Å². The molecule has 0 saturated heterocycles. The third-order valence-corrected chi connectivity index (χ3v) is 5.67. The van der Waals surface area contributed by atoms with Gasteiger partial charge < -0.3 is 8.92 Å². The molecule has 0 unspecified atom stereocenters. The van der Waals surface area contributed by atoms with E-state index in [4.69, 9.17) is 8.92 Å². The maximum atomic E-state index is 13.1. The number of aliphatic imine (C=N–C) groups is 1. The van der Waals surface area contributed by atoms with Crippen molar-refractivity contribution in [2.75, 3.05) is 0 Å². The standard InChI is InChI=1S/C23H16FNO5S/c1-15-2-12-20(13-3-15)31(27,28)30-19-10-4-16(5-11-19)14-21-23(26)29-22(25-21)17-6-8-18(24)9-7-17/h2-14H,1H3/b21-14+. The van der Waals surface area contributed by atoms with E-state index in [2.05, 4.69) is 4.99 Å². The monoisotopic (exact) mass is 437 g/mol. The molecule has 31 heavy (non-hydrogen) atoms. The van der Waals surface area contributed by atoms with Crippen LogP contribution in [-0.4, -0.2) is 20.3 Å². The predicted molar refractivity (Wildman–Crippen MR) is 112 cm³/mol. The van der Waals surface area contributed by atoms with Gasteiger partial charge in [0.2, 0.25) is 5.90 Å². The first kappa shape index (κ1) is 20.5. The summed E-state index contributed by atoms with van der Waals surface area (Å²) in [6.07, 6.45) is 1.50. The number of esters is 1. The Morgan fingerprint density at radius 3 is 2.23 bits per heavy atom. The summed E-state index contributed by atoms with van der Waals surface area (Å²) in [6.45, 7) is 1.86. The van der Waals surface area contributed by atoms with Crippen molar-refractivity contribution in [1.29, 1.82) is 0 Å². The zero-order chi connectivity index (χ0) is 22.0. The van der Waals surface area contributed by atoms with Crippen LogP contribution in [0.3, 0.4) is 0 Å². The quantitative estimate of drug-likeness (QED) is 0.339. The van der Waals surface area contributed by atoms with Gasteiger partial charge in [-0.1, -0.05) is 29.8 Å². The minimum absolute atomic E-state index is 0.0562. The van der Waals surface area contributed by atoms with Crippen LogP contribution >= 0.6 is 0 Å². The number of ether oxygens (including phenoxy) is 1. The zero-order valence-corrected chi connectivity index (χ0v) is 17.1. The molecule has 3 aromatic rings. The Morgan fingerprint density at radius 1 is 0.935 bits per heavy atom. The van der Waals surface area contributed by atoms with Crippen LogP contribution in [0.25, 0.3) is 6.08 Å². The molecule has 1 aliphatic heterocycles. The molecule has 0 atom stereocenters. The summed E-state index contributed by atoms with van der Waals surface area (Å²) >= 11 is 0. The van der Waals surface area contributed by atoms with Gasteiger partial charge in [0.1, 0.15) is 16.5 Å². The van der Waals surface area contributed by atoms with E-state index in [0.29, 0.717) is 11.1 Å². The molecule has 0 bridgehead atoms. The van der Waals surface area contributed by atoms with Crippen molar-refractivity contribution < 1.29 is 26.5 Å². The van der Waals surface area contributed by atoms with E-state index in [1.807, 2.05) is 6.92 Å². The Kier molecular flexibility index (Phi) is 5.39. The van der Waals surface area contributed by atoms with Crippen LogP contribution in [0, 0.1) is 12.7 Å². The fourth-order valence-electron chi connectivity index (χ4n) is 2.78. The van der Waals surface area contributed by atoms with Gasteiger partial charge in [-0.25, -0.2) is 14.2 Å². The van der Waals surface area contributed by atoms with Gasteiger partial charge >= 0.3 is 16.1 Å². The van der Waals surface area contributed by atoms with Crippen LogP contribution in [0.2, 0.25) is 0 Å². The summed E-state index contributed by atoms with van der Waals surface area (Å²) in [4.78, 5) is 16.3. The smallest absolute Gasteiger partial charge is 0.363 e. The molecule has 0 saturated carbocycles. The maximum Gasteiger partial charge on any atom is 0.363 e. The average molecular weight is 437 g/mol. The van der Waals surface area contributed by atoms with Gasteiger partial charge in [-0.2, -0.15) is 8.42 Å². The third-order valence-electron chi connectivity index (χ3n) is 4.41. The van der Waals surface area contributed by atoms with E-state index in [9.17, 15) is 17.6 Å². The number of carbonyl (C=O) groups is 1. The van der Waals surface area contributed by atoms with Gasteiger partial charge in [0.05, 0.1) is 0 Å². The second kappa shape index (κ2) is 8.16. The van der Waals surface area contributed by atoms with Crippen LogP contribution in [0.1, 0.15) is 16.7 Å². The molecule has 3 aromatic carbocycles. The summed E-state index contributed by atoms with van der Waals surface area (Å²) in [5, 5.41) is 0.